The minimum atomic E-state index is -1.07. The third kappa shape index (κ3) is 2.89. The maximum atomic E-state index is 11.0. The first-order valence-corrected chi connectivity index (χ1v) is 6.53. The molecular weight excluding hydrogens is 288 g/mol. The van der Waals surface area contributed by atoms with Gasteiger partial charge in [-0.1, -0.05) is 0 Å². The van der Waals surface area contributed by atoms with Crippen LogP contribution >= 0.6 is 0 Å². The first-order chi connectivity index (χ1) is 10.5. The van der Waals surface area contributed by atoms with Crippen LogP contribution in [0.3, 0.4) is 0 Å². The SMILES string of the molecule is COCc1c(OC)cc(-c2cc(C(=O)O)nn2C)cc1OC. The number of carboxylic acid groups (broad SMARTS) is 1. The number of methoxy groups -OCH3 is 3. The number of carbonyl (C=O) groups is 1. The van der Waals surface area contributed by atoms with E-state index < -0.39 is 5.97 Å². The van der Waals surface area contributed by atoms with E-state index in [1.807, 2.05) is 0 Å². The Bertz CT molecular complexity index is 668. The number of aromatic nitrogens is 2. The summed E-state index contributed by atoms with van der Waals surface area (Å²) in [4.78, 5) is 11.0. The van der Waals surface area contributed by atoms with Gasteiger partial charge in [0.05, 0.1) is 32.1 Å². The third-order valence-corrected chi connectivity index (χ3v) is 3.29. The molecule has 0 fully saturated rings. The monoisotopic (exact) mass is 306 g/mol. The molecule has 0 aliphatic carbocycles. The zero-order valence-corrected chi connectivity index (χ0v) is 12.9. The Kier molecular flexibility index (Phi) is 4.67. The van der Waals surface area contributed by atoms with E-state index in [0.717, 1.165) is 11.1 Å². The second-order valence-corrected chi connectivity index (χ2v) is 4.64. The fourth-order valence-corrected chi connectivity index (χ4v) is 2.26. The van der Waals surface area contributed by atoms with Crippen LogP contribution in [0.1, 0.15) is 16.1 Å². The number of aromatic carboxylic acids is 1. The van der Waals surface area contributed by atoms with Gasteiger partial charge in [0.15, 0.2) is 5.69 Å². The van der Waals surface area contributed by atoms with E-state index >= 15 is 0 Å². The van der Waals surface area contributed by atoms with E-state index in [1.165, 1.54) is 10.7 Å². The maximum absolute atomic E-state index is 11.0. The van der Waals surface area contributed by atoms with E-state index in [1.54, 1.807) is 40.5 Å². The lowest BCUT2D eigenvalue weighted by Gasteiger charge is -2.15. The van der Waals surface area contributed by atoms with Crippen molar-refractivity contribution < 1.29 is 24.1 Å². The van der Waals surface area contributed by atoms with Crippen molar-refractivity contribution >= 4 is 5.97 Å². The molecule has 1 N–H and O–H groups in total. The number of hydrogen-bond donors (Lipinski definition) is 1. The predicted molar refractivity (Wildman–Crippen MR) is 79.4 cm³/mol. The average Bonchev–Trinajstić information content (AvgIpc) is 2.90. The minimum absolute atomic E-state index is 0.0172. The summed E-state index contributed by atoms with van der Waals surface area (Å²) in [7, 11) is 6.39. The molecule has 22 heavy (non-hydrogen) atoms. The molecule has 0 amide bonds. The standard InChI is InChI=1S/C15H18N2O5/c1-17-12(7-11(16-17)15(18)19)9-5-13(21-3)10(8-20-2)14(6-9)22-4/h5-7H,8H2,1-4H3,(H,18,19). The van der Waals surface area contributed by atoms with E-state index in [2.05, 4.69) is 5.10 Å². The predicted octanol–water partition coefficient (Wildman–Crippen LogP) is 1.95. The number of nitrogens with zero attached hydrogens (tertiary/aromatic N) is 2. The number of carboxylic acids is 1. The number of ether oxygens (including phenoxy) is 3. The van der Waals surface area contributed by atoms with Gasteiger partial charge < -0.3 is 19.3 Å². The molecule has 0 bridgehead atoms. The lowest BCUT2D eigenvalue weighted by Crippen LogP contribution is -2.01. The van der Waals surface area contributed by atoms with E-state index in [-0.39, 0.29) is 5.69 Å². The molecule has 1 aromatic heterocycles. The van der Waals surface area contributed by atoms with Crippen molar-refractivity contribution in [3.63, 3.8) is 0 Å². The highest BCUT2D eigenvalue weighted by Gasteiger charge is 2.17. The number of hydrogen-bond acceptors (Lipinski definition) is 5. The van der Waals surface area contributed by atoms with Crippen LogP contribution < -0.4 is 9.47 Å². The fourth-order valence-electron chi connectivity index (χ4n) is 2.26. The van der Waals surface area contributed by atoms with Gasteiger partial charge >= 0.3 is 5.97 Å². The molecule has 0 spiro atoms. The van der Waals surface area contributed by atoms with Gasteiger partial charge in [-0.25, -0.2) is 4.79 Å². The van der Waals surface area contributed by atoms with Gasteiger partial charge in [0.1, 0.15) is 11.5 Å². The Morgan fingerprint density at radius 3 is 2.18 bits per heavy atom. The number of aryl methyl sites for hydroxylation is 1. The number of benzene rings is 1. The summed E-state index contributed by atoms with van der Waals surface area (Å²) in [6, 6.07) is 5.12. The van der Waals surface area contributed by atoms with Gasteiger partial charge in [-0.2, -0.15) is 5.10 Å². The molecule has 7 nitrogen and oxygen atoms in total. The molecule has 0 radical (unpaired) electrons. The van der Waals surface area contributed by atoms with Gasteiger partial charge in [-0.3, -0.25) is 4.68 Å². The summed E-state index contributed by atoms with van der Waals surface area (Å²) in [5, 5.41) is 13.0. The van der Waals surface area contributed by atoms with Gasteiger partial charge in [0.25, 0.3) is 0 Å². The van der Waals surface area contributed by atoms with Crippen molar-refractivity contribution in [2.45, 2.75) is 6.61 Å². The van der Waals surface area contributed by atoms with E-state index in [9.17, 15) is 4.79 Å². The zero-order valence-electron chi connectivity index (χ0n) is 12.9. The summed E-state index contributed by atoms with van der Waals surface area (Å²) in [5.74, 6) is 0.139. The lowest BCUT2D eigenvalue weighted by atomic mass is 10.1. The highest BCUT2D eigenvalue weighted by molar-refractivity contribution is 5.87. The topological polar surface area (TPSA) is 82.8 Å². The molecule has 118 valence electrons. The van der Waals surface area contributed by atoms with Crippen LogP contribution in [0.25, 0.3) is 11.3 Å². The summed E-state index contributed by atoms with van der Waals surface area (Å²) in [5.41, 5.74) is 2.17. The summed E-state index contributed by atoms with van der Waals surface area (Å²) >= 11 is 0. The van der Waals surface area contributed by atoms with Gasteiger partial charge in [-0.15, -0.1) is 0 Å². The molecule has 7 heteroatoms. The Hall–Kier alpha value is -2.54. The summed E-state index contributed by atoms with van der Waals surface area (Å²) in [6.07, 6.45) is 0. The Morgan fingerprint density at radius 2 is 1.77 bits per heavy atom. The third-order valence-electron chi connectivity index (χ3n) is 3.29. The van der Waals surface area contributed by atoms with Crippen LogP contribution in [-0.4, -0.2) is 42.2 Å². The quantitative estimate of drug-likeness (QED) is 0.878. The smallest absolute Gasteiger partial charge is 0.356 e. The molecule has 2 rings (SSSR count). The molecule has 0 saturated heterocycles. The van der Waals surface area contributed by atoms with Crippen molar-refractivity contribution in [2.24, 2.45) is 7.05 Å². The van der Waals surface area contributed by atoms with Crippen LogP contribution in [0, 0.1) is 0 Å². The molecular formula is C15H18N2O5. The van der Waals surface area contributed by atoms with Gasteiger partial charge in [0, 0.05) is 19.7 Å². The molecule has 1 heterocycles. The first-order valence-electron chi connectivity index (χ1n) is 6.53. The average molecular weight is 306 g/mol. The maximum Gasteiger partial charge on any atom is 0.356 e. The van der Waals surface area contributed by atoms with Crippen LogP contribution in [0.15, 0.2) is 18.2 Å². The molecule has 0 atom stereocenters. The second-order valence-electron chi connectivity index (χ2n) is 4.64. The lowest BCUT2D eigenvalue weighted by molar-refractivity contribution is 0.0689. The molecule has 1 aromatic carbocycles. The molecule has 0 aliphatic rings. The van der Waals surface area contributed by atoms with Crippen molar-refractivity contribution in [1.29, 1.82) is 0 Å². The second kappa shape index (κ2) is 6.48. The van der Waals surface area contributed by atoms with Crippen LogP contribution in [0.5, 0.6) is 11.5 Å². The largest absolute Gasteiger partial charge is 0.496 e. The first kappa shape index (κ1) is 15.8. The van der Waals surface area contributed by atoms with Crippen LogP contribution in [0.2, 0.25) is 0 Å². The van der Waals surface area contributed by atoms with E-state index in [0.29, 0.717) is 23.8 Å². The van der Waals surface area contributed by atoms with Gasteiger partial charge in [-0.05, 0) is 18.2 Å². The van der Waals surface area contributed by atoms with Crippen molar-refractivity contribution in [1.82, 2.24) is 9.78 Å². The zero-order chi connectivity index (χ0) is 16.3. The highest BCUT2D eigenvalue weighted by Crippen LogP contribution is 2.35. The van der Waals surface area contributed by atoms with Crippen molar-refractivity contribution in [3.05, 3.63) is 29.5 Å². The minimum Gasteiger partial charge on any atom is -0.496 e. The molecule has 0 unspecified atom stereocenters. The number of rotatable bonds is 6. The molecule has 2 aromatic rings. The summed E-state index contributed by atoms with van der Waals surface area (Å²) < 4.78 is 17.5. The fraction of sp³-hybridized carbons (Fsp3) is 0.333. The van der Waals surface area contributed by atoms with Crippen molar-refractivity contribution in [3.8, 4) is 22.8 Å². The summed E-state index contributed by atoms with van der Waals surface area (Å²) in [6.45, 7) is 0.346. The van der Waals surface area contributed by atoms with Gasteiger partial charge in [0.2, 0.25) is 0 Å². The Labute approximate surface area is 128 Å². The normalized spacial score (nSPS) is 10.5. The molecule has 0 saturated carbocycles. The Morgan fingerprint density at radius 1 is 1.18 bits per heavy atom. The Balaban J connectivity index is 2.59. The van der Waals surface area contributed by atoms with E-state index in [4.69, 9.17) is 19.3 Å². The highest BCUT2D eigenvalue weighted by atomic mass is 16.5. The molecule has 0 aliphatic heterocycles. The van der Waals surface area contributed by atoms with Crippen molar-refractivity contribution in [2.75, 3.05) is 21.3 Å². The van der Waals surface area contributed by atoms with Crippen LogP contribution in [0.4, 0.5) is 0 Å². The van der Waals surface area contributed by atoms with Crippen LogP contribution in [-0.2, 0) is 18.4 Å².